The highest BCUT2D eigenvalue weighted by Gasteiger charge is 2.42. The molecule has 1 saturated carbocycles. The Kier molecular flexibility index (Phi) is 7.34. The van der Waals surface area contributed by atoms with Gasteiger partial charge in [0.1, 0.15) is 6.10 Å². The predicted molar refractivity (Wildman–Crippen MR) is 105 cm³/mol. The van der Waals surface area contributed by atoms with Crippen molar-refractivity contribution in [3.63, 3.8) is 0 Å². The molecule has 0 saturated heterocycles. The number of aliphatic hydroxyl groups is 1. The van der Waals surface area contributed by atoms with Gasteiger partial charge in [-0.05, 0) is 37.0 Å². The van der Waals surface area contributed by atoms with Crippen LogP contribution in [0.15, 0.2) is 35.3 Å². The maximum atomic E-state index is 12.2. The third-order valence-corrected chi connectivity index (χ3v) is 5.11. The first-order valence-electron chi connectivity index (χ1n) is 9.57. The first kappa shape index (κ1) is 23.2. The fraction of sp³-hybridized carbons (Fsp3) is 0.450. The Bertz CT molecular complexity index is 911. The molecule has 1 aliphatic rings. The molecule has 31 heavy (non-hydrogen) atoms. The number of hydrogen-bond donors (Lipinski definition) is 2. The summed E-state index contributed by atoms with van der Waals surface area (Å²) in [6.07, 6.45) is -6.03. The number of nitrogens with one attached hydrogen (secondary N) is 1. The topological polar surface area (TPSA) is 97.5 Å². The van der Waals surface area contributed by atoms with Crippen LogP contribution in [-0.4, -0.2) is 46.3 Å². The summed E-state index contributed by atoms with van der Waals surface area (Å²) in [6, 6.07) is 6.81. The molecule has 0 radical (unpaired) electrons. The van der Waals surface area contributed by atoms with Crippen molar-refractivity contribution in [1.29, 1.82) is 0 Å². The number of carbonyl (C=O) groups excluding carboxylic acids is 1. The molecule has 1 amide bonds. The second kappa shape index (κ2) is 9.80. The Labute approximate surface area is 181 Å². The summed E-state index contributed by atoms with van der Waals surface area (Å²) in [5.74, 6) is -0.421. The number of hydrogen-bond acceptors (Lipinski definition) is 6. The normalized spacial score (nSPS) is 19.5. The second-order valence-electron chi connectivity index (χ2n) is 7.29. The molecule has 2 aromatic rings. The van der Waals surface area contributed by atoms with E-state index in [2.05, 4.69) is 26.8 Å². The van der Waals surface area contributed by atoms with Crippen LogP contribution in [0.2, 0.25) is 5.02 Å². The van der Waals surface area contributed by atoms with Crippen molar-refractivity contribution in [2.45, 2.75) is 50.2 Å². The molecule has 0 aliphatic heterocycles. The van der Waals surface area contributed by atoms with E-state index in [4.69, 9.17) is 16.0 Å². The standard InChI is InChI=1S/C20H21ClF3N3O4/c1-11(6-7-25-17(29)16(28)8-12-2-4-14(21)5-3-12)18-26-27-19(30-18)13-9-15(10-13)31-20(22,23)24/h2-5,13,15-16,28H,1,6-10H2,(H,25,29). The van der Waals surface area contributed by atoms with Gasteiger partial charge in [-0.25, -0.2) is 0 Å². The number of rotatable bonds is 9. The van der Waals surface area contributed by atoms with Gasteiger partial charge in [0, 0.05) is 29.5 Å². The highest BCUT2D eigenvalue weighted by molar-refractivity contribution is 6.30. The summed E-state index contributed by atoms with van der Waals surface area (Å²) < 4.78 is 46.0. The van der Waals surface area contributed by atoms with E-state index in [1.807, 2.05) is 0 Å². The Morgan fingerprint density at radius 3 is 2.65 bits per heavy atom. The minimum absolute atomic E-state index is 0.148. The summed E-state index contributed by atoms with van der Waals surface area (Å²) in [6.45, 7) is 4.02. The minimum atomic E-state index is -4.66. The van der Waals surface area contributed by atoms with Crippen LogP contribution < -0.4 is 5.32 Å². The number of benzene rings is 1. The van der Waals surface area contributed by atoms with Crippen molar-refractivity contribution < 1.29 is 32.2 Å². The predicted octanol–water partition coefficient (Wildman–Crippen LogP) is 3.63. The van der Waals surface area contributed by atoms with E-state index < -0.39 is 24.5 Å². The summed E-state index contributed by atoms with van der Waals surface area (Å²) >= 11 is 5.81. The molecule has 1 heterocycles. The van der Waals surface area contributed by atoms with Crippen LogP contribution in [0.3, 0.4) is 0 Å². The molecule has 3 rings (SSSR count). The molecule has 1 aromatic carbocycles. The molecule has 2 N–H and O–H groups in total. The smallest absolute Gasteiger partial charge is 0.421 e. The molecule has 1 aromatic heterocycles. The molecular weight excluding hydrogens is 439 g/mol. The molecule has 1 atom stereocenters. The van der Waals surface area contributed by atoms with Gasteiger partial charge in [0.2, 0.25) is 17.7 Å². The van der Waals surface area contributed by atoms with E-state index in [1.165, 1.54) is 0 Å². The number of halogens is 4. The van der Waals surface area contributed by atoms with Crippen LogP contribution >= 0.6 is 11.6 Å². The largest absolute Gasteiger partial charge is 0.522 e. The minimum Gasteiger partial charge on any atom is -0.421 e. The number of aliphatic hydroxyl groups excluding tert-OH is 1. The second-order valence-corrected chi connectivity index (χ2v) is 7.73. The van der Waals surface area contributed by atoms with Gasteiger partial charge in [-0.3, -0.25) is 9.53 Å². The van der Waals surface area contributed by atoms with Crippen LogP contribution in [0.5, 0.6) is 0 Å². The van der Waals surface area contributed by atoms with E-state index >= 15 is 0 Å². The highest BCUT2D eigenvalue weighted by atomic mass is 35.5. The lowest BCUT2D eigenvalue weighted by molar-refractivity contribution is -0.352. The number of alkyl halides is 3. The van der Waals surface area contributed by atoms with Crippen LogP contribution in [-0.2, 0) is 16.0 Å². The van der Waals surface area contributed by atoms with Gasteiger partial charge < -0.3 is 14.8 Å². The monoisotopic (exact) mass is 459 g/mol. The molecule has 1 fully saturated rings. The lowest BCUT2D eigenvalue weighted by Gasteiger charge is -2.32. The SMILES string of the molecule is C=C(CCNC(=O)C(O)Cc1ccc(Cl)cc1)c1nnc(C2CC(OC(F)(F)F)C2)o1. The van der Waals surface area contributed by atoms with Crippen LogP contribution in [0.4, 0.5) is 13.2 Å². The maximum Gasteiger partial charge on any atom is 0.522 e. The van der Waals surface area contributed by atoms with Gasteiger partial charge in [0.15, 0.2) is 0 Å². The molecule has 1 unspecified atom stereocenters. The van der Waals surface area contributed by atoms with Crippen LogP contribution in [0, 0.1) is 0 Å². The number of aromatic nitrogens is 2. The molecule has 168 valence electrons. The van der Waals surface area contributed by atoms with Crippen molar-refractivity contribution in [1.82, 2.24) is 15.5 Å². The summed E-state index contributed by atoms with van der Waals surface area (Å²) in [7, 11) is 0. The van der Waals surface area contributed by atoms with Gasteiger partial charge in [0.05, 0.1) is 6.10 Å². The molecule has 0 spiro atoms. The fourth-order valence-corrected chi connectivity index (χ4v) is 3.22. The first-order valence-corrected chi connectivity index (χ1v) is 9.95. The lowest BCUT2D eigenvalue weighted by Crippen LogP contribution is -2.36. The van der Waals surface area contributed by atoms with Gasteiger partial charge in [-0.1, -0.05) is 30.3 Å². The highest BCUT2D eigenvalue weighted by Crippen LogP contribution is 2.41. The third-order valence-electron chi connectivity index (χ3n) is 4.86. The Balaban J connectivity index is 1.39. The Morgan fingerprint density at radius 2 is 2.00 bits per heavy atom. The van der Waals surface area contributed by atoms with Crippen molar-refractivity contribution in [3.8, 4) is 0 Å². The Morgan fingerprint density at radius 1 is 1.32 bits per heavy atom. The van der Waals surface area contributed by atoms with Gasteiger partial charge in [0.25, 0.3) is 0 Å². The lowest BCUT2D eigenvalue weighted by atomic mass is 9.82. The zero-order valence-electron chi connectivity index (χ0n) is 16.4. The van der Waals surface area contributed by atoms with E-state index in [-0.39, 0.29) is 43.5 Å². The van der Waals surface area contributed by atoms with E-state index in [0.29, 0.717) is 17.0 Å². The average Bonchev–Trinajstić information content (AvgIpc) is 3.15. The zero-order valence-corrected chi connectivity index (χ0v) is 17.1. The quantitative estimate of drug-likeness (QED) is 0.594. The number of carbonyl (C=O) groups is 1. The fourth-order valence-electron chi connectivity index (χ4n) is 3.09. The summed E-state index contributed by atoms with van der Waals surface area (Å²) in [5.41, 5.74) is 1.24. The number of amides is 1. The van der Waals surface area contributed by atoms with Gasteiger partial charge in [-0.15, -0.1) is 23.4 Å². The molecular formula is C20H21ClF3N3O4. The number of ether oxygens (including phenoxy) is 1. The maximum absolute atomic E-state index is 12.2. The van der Waals surface area contributed by atoms with Crippen LogP contribution in [0.1, 0.15) is 42.5 Å². The summed E-state index contributed by atoms with van der Waals surface area (Å²) in [5, 5.41) is 20.9. The third kappa shape index (κ3) is 6.78. The van der Waals surface area contributed by atoms with E-state index in [1.54, 1.807) is 24.3 Å². The van der Waals surface area contributed by atoms with Gasteiger partial charge in [-0.2, -0.15) is 0 Å². The molecule has 0 bridgehead atoms. The van der Waals surface area contributed by atoms with E-state index in [9.17, 15) is 23.1 Å². The molecule has 7 nitrogen and oxygen atoms in total. The zero-order chi connectivity index (χ0) is 22.6. The molecule has 11 heteroatoms. The van der Waals surface area contributed by atoms with Crippen molar-refractivity contribution in [2.24, 2.45) is 0 Å². The van der Waals surface area contributed by atoms with Crippen molar-refractivity contribution in [3.05, 3.63) is 53.2 Å². The Hall–Kier alpha value is -2.43. The van der Waals surface area contributed by atoms with Gasteiger partial charge >= 0.3 is 6.36 Å². The van der Waals surface area contributed by atoms with Crippen molar-refractivity contribution in [2.75, 3.05) is 6.54 Å². The van der Waals surface area contributed by atoms with Crippen molar-refractivity contribution >= 4 is 23.1 Å². The molecule has 1 aliphatic carbocycles. The van der Waals surface area contributed by atoms with E-state index in [0.717, 1.165) is 5.56 Å². The first-order chi connectivity index (χ1) is 14.6. The summed E-state index contributed by atoms with van der Waals surface area (Å²) in [4.78, 5) is 12.0. The van der Waals surface area contributed by atoms with Crippen LogP contribution in [0.25, 0.3) is 5.57 Å². The number of nitrogens with zero attached hydrogens (tertiary/aromatic N) is 2. The average molecular weight is 460 g/mol.